The van der Waals surface area contributed by atoms with Crippen LogP contribution in [0.2, 0.25) is 0 Å². The molecule has 0 aromatic carbocycles. The Labute approximate surface area is 113 Å². The molecule has 4 atom stereocenters. The lowest BCUT2D eigenvalue weighted by molar-refractivity contribution is -0.178. The summed E-state index contributed by atoms with van der Waals surface area (Å²) in [5, 5.41) is 14.2. The highest BCUT2D eigenvalue weighted by atomic mass is 32.2. The van der Waals surface area contributed by atoms with E-state index >= 15 is 0 Å². The van der Waals surface area contributed by atoms with Crippen LogP contribution in [0.15, 0.2) is 0 Å². The molecule has 2 aliphatic carbocycles. The smallest absolute Gasteiger partial charge is 0.0869 e. The summed E-state index contributed by atoms with van der Waals surface area (Å²) in [5.74, 6) is 2.75. The first kappa shape index (κ1) is 12.0. The summed E-state index contributed by atoms with van der Waals surface area (Å²) in [7, 11) is 0. The third-order valence-corrected chi connectivity index (χ3v) is 7.00. The Morgan fingerprint density at radius 3 is 2.89 bits per heavy atom. The quantitative estimate of drug-likeness (QED) is 0.813. The molecule has 3 nitrogen and oxygen atoms in total. The van der Waals surface area contributed by atoms with Crippen molar-refractivity contribution < 1.29 is 9.84 Å². The second-order valence-electron chi connectivity index (χ2n) is 6.72. The van der Waals surface area contributed by atoms with Gasteiger partial charge in [-0.15, -0.1) is 0 Å². The van der Waals surface area contributed by atoms with E-state index in [1.807, 2.05) is 11.8 Å². The summed E-state index contributed by atoms with van der Waals surface area (Å²) >= 11 is 1.88. The van der Waals surface area contributed by atoms with Gasteiger partial charge in [-0.1, -0.05) is 6.42 Å². The number of hydrogen-bond acceptors (Lipinski definition) is 4. The van der Waals surface area contributed by atoms with Crippen molar-refractivity contribution in [3.63, 3.8) is 0 Å². The van der Waals surface area contributed by atoms with Crippen molar-refractivity contribution in [2.45, 2.75) is 49.9 Å². The standard InChI is InChI=1S/C14H23NO2S/c16-13(5-7-18-9-13)8-15-11-10-2-6-17-12(10)14(11)3-1-4-14/h10-12,15-16H,1-9H2. The number of nitrogens with one attached hydrogen (secondary N) is 1. The van der Waals surface area contributed by atoms with Crippen LogP contribution in [0.4, 0.5) is 0 Å². The second-order valence-corrected chi connectivity index (χ2v) is 7.82. The Hall–Kier alpha value is 0.230. The van der Waals surface area contributed by atoms with Crippen LogP contribution < -0.4 is 5.32 Å². The zero-order valence-corrected chi connectivity index (χ0v) is 11.7. The van der Waals surface area contributed by atoms with E-state index in [-0.39, 0.29) is 0 Å². The summed E-state index contributed by atoms with van der Waals surface area (Å²) in [6.07, 6.45) is 6.74. The lowest BCUT2D eigenvalue weighted by atomic mass is 9.46. The molecule has 4 heteroatoms. The summed E-state index contributed by atoms with van der Waals surface area (Å²) in [5.41, 5.74) is 0.00340. The summed E-state index contributed by atoms with van der Waals surface area (Å²) < 4.78 is 5.93. The van der Waals surface area contributed by atoms with E-state index in [1.54, 1.807) is 0 Å². The zero-order valence-electron chi connectivity index (χ0n) is 10.9. The minimum atomic E-state index is -0.444. The molecule has 1 spiro atoms. The monoisotopic (exact) mass is 269 g/mol. The molecule has 2 N–H and O–H groups in total. The van der Waals surface area contributed by atoms with E-state index in [2.05, 4.69) is 5.32 Å². The van der Waals surface area contributed by atoms with Gasteiger partial charge >= 0.3 is 0 Å². The van der Waals surface area contributed by atoms with Gasteiger partial charge in [-0.2, -0.15) is 11.8 Å². The van der Waals surface area contributed by atoms with Crippen molar-refractivity contribution in [1.29, 1.82) is 0 Å². The molecule has 2 aliphatic heterocycles. The number of ether oxygens (including phenoxy) is 1. The predicted octanol–water partition coefficient (Wildman–Crippen LogP) is 1.40. The van der Waals surface area contributed by atoms with E-state index in [1.165, 1.54) is 25.7 Å². The van der Waals surface area contributed by atoms with Crippen LogP contribution in [0.5, 0.6) is 0 Å². The topological polar surface area (TPSA) is 41.5 Å². The minimum absolute atomic E-state index is 0.444. The Morgan fingerprint density at radius 1 is 1.33 bits per heavy atom. The molecular weight excluding hydrogens is 246 g/mol. The maximum Gasteiger partial charge on any atom is 0.0869 e. The molecule has 102 valence electrons. The first-order valence-electron chi connectivity index (χ1n) is 7.39. The van der Waals surface area contributed by atoms with Crippen molar-refractivity contribution in [3.05, 3.63) is 0 Å². The van der Waals surface area contributed by atoms with Crippen LogP contribution in [0.1, 0.15) is 32.1 Å². The highest BCUT2D eigenvalue weighted by molar-refractivity contribution is 7.99. The van der Waals surface area contributed by atoms with E-state index in [9.17, 15) is 5.11 Å². The summed E-state index contributed by atoms with van der Waals surface area (Å²) in [6.45, 7) is 1.74. The van der Waals surface area contributed by atoms with E-state index in [0.29, 0.717) is 17.6 Å². The number of hydrogen-bond donors (Lipinski definition) is 2. The molecular formula is C14H23NO2S. The third-order valence-electron chi connectivity index (χ3n) is 5.77. The highest BCUT2D eigenvalue weighted by Gasteiger charge is 2.66. The van der Waals surface area contributed by atoms with E-state index < -0.39 is 5.60 Å². The third kappa shape index (κ3) is 1.55. The average Bonchev–Trinajstić information content (AvgIpc) is 2.86. The minimum Gasteiger partial charge on any atom is -0.388 e. The van der Waals surface area contributed by atoms with Crippen LogP contribution in [-0.4, -0.2) is 47.5 Å². The molecule has 4 aliphatic rings. The van der Waals surface area contributed by atoms with E-state index in [0.717, 1.165) is 37.0 Å². The van der Waals surface area contributed by atoms with Gasteiger partial charge in [-0.3, -0.25) is 0 Å². The van der Waals surface area contributed by atoms with Crippen LogP contribution in [0, 0.1) is 11.3 Å². The number of aliphatic hydroxyl groups is 1. The molecule has 4 unspecified atom stereocenters. The van der Waals surface area contributed by atoms with Gasteiger partial charge in [0, 0.05) is 36.3 Å². The van der Waals surface area contributed by atoms with Gasteiger partial charge in [-0.05, 0) is 31.4 Å². The lowest BCUT2D eigenvalue weighted by Crippen LogP contribution is -2.72. The Balaban J connectivity index is 1.41. The second kappa shape index (κ2) is 4.11. The van der Waals surface area contributed by atoms with Crippen LogP contribution >= 0.6 is 11.8 Å². The normalized spacial score (nSPS) is 48.8. The predicted molar refractivity (Wildman–Crippen MR) is 72.8 cm³/mol. The maximum atomic E-state index is 10.4. The van der Waals surface area contributed by atoms with E-state index in [4.69, 9.17) is 4.74 Å². The molecule has 0 aromatic heterocycles. The van der Waals surface area contributed by atoms with Gasteiger partial charge < -0.3 is 15.2 Å². The number of rotatable bonds is 3. The summed E-state index contributed by atoms with van der Waals surface area (Å²) in [4.78, 5) is 0. The average molecular weight is 269 g/mol. The molecule has 18 heavy (non-hydrogen) atoms. The fraction of sp³-hybridized carbons (Fsp3) is 1.00. The van der Waals surface area contributed by atoms with Gasteiger partial charge in [0.05, 0.1) is 11.7 Å². The number of thioether (sulfide) groups is 1. The largest absolute Gasteiger partial charge is 0.388 e. The maximum absolute atomic E-state index is 10.4. The van der Waals surface area contributed by atoms with Gasteiger partial charge in [0.25, 0.3) is 0 Å². The van der Waals surface area contributed by atoms with Gasteiger partial charge in [0.2, 0.25) is 0 Å². The van der Waals surface area contributed by atoms with Crippen LogP contribution in [0.25, 0.3) is 0 Å². The molecule has 2 saturated carbocycles. The first-order valence-corrected chi connectivity index (χ1v) is 8.54. The molecule has 0 radical (unpaired) electrons. The molecule has 0 aromatic rings. The molecule has 2 heterocycles. The van der Waals surface area contributed by atoms with Crippen LogP contribution in [-0.2, 0) is 4.74 Å². The Kier molecular flexibility index (Phi) is 2.74. The highest BCUT2D eigenvalue weighted by Crippen LogP contribution is 2.62. The summed E-state index contributed by atoms with van der Waals surface area (Å²) in [6, 6.07) is 0.619. The van der Waals surface area contributed by atoms with Crippen molar-refractivity contribution in [3.8, 4) is 0 Å². The molecule has 4 rings (SSSR count). The van der Waals surface area contributed by atoms with Crippen molar-refractivity contribution in [1.82, 2.24) is 5.32 Å². The van der Waals surface area contributed by atoms with Gasteiger partial charge in [0.1, 0.15) is 0 Å². The zero-order chi connectivity index (χ0) is 12.2. The molecule has 2 saturated heterocycles. The Morgan fingerprint density at radius 2 is 2.22 bits per heavy atom. The fourth-order valence-electron chi connectivity index (χ4n) is 4.60. The lowest BCUT2D eigenvalue weighted by Gasteiger charge is -2.63. The Bertz CT molecular complexity index is 339. The molecule has 0 amide bonds. The fourth-order valence-corrected chi connectivity index (χ4v) is 5.89. The van der Waals surface area contributed by atoms with Crippen molar-refractivity contribution in [2.75, 3.05) is 24.7 Å². The van der Waals surface area contributed by atoms with Crippen molar-refractivity contribution >= 4 is 11.8 Å². The van der Waals surface area contributed by atoms with Gasteiger partial charge in [0.15, 0.2) is 0 Å². The molecule has 0 bridgehead atoms. The number of fused-ring (bicyclic) bond motifs is 2. The first-order chi connectivity index (χ1) is 8.74. The van der Waals surface area contributed by atoms with Crippen LogP contribution in [0.3, 0.4) is 0 Å². The van der Waals surface area contributed by atoms with Gasteiger partial charge in [-0.25, -0.2) is 0 Å². The SMILES string of the molecule is OC1(CNC2C3CCOC3C23CCC3)CCSC1. The molecule has 4 fully saturated rings. The van der Waals surface area contributed by atoms with Crippen molar-refractivity contribution in [2.24, 2.45) is 11.3 Å².